The monoisotopic (exact) mass is 591 g/mol. The van der Waals surface area contributed by atoms with Gasteiger partial charge in [0.15, 0.2) is 11.2 Å². The number of benzene rings is 2. The van der Waals surface area contributed by atoms with Gasteiger partial charge in [-0.15, -0.1) is 0 Å². The van der Waals surface area contributed by atoms with Crippen LogP contribution < -0.4 is 19.5 Å². The maximum Gasteiger partial charge on any atom is 0.408 e. The van der Waals surface area contributed by atoms with E-state index in [2.05, 4.69) is 26.3 Å². The summed E-state index contributed by atoms with van der Waals surface area (Å²) in [5.41, 5.74) is 0.679. The Morgan fingerprint density at radius 2 is 1.66 bits per heavy atom. The zero-order valence-corrected chi connectivity index (χ0v) is 25.7. The molecule has 0 saturated heterocycles. The zero-order chi connectivity index (χ0) is 30.3. The average molecular weight is 592 g/mol. The molecule has 1 amide bonds. The molecule has 1 unspecified atom stereocenters. The summed E-state index contributed by atoms with van der Waals surface area (Å²) in [7, 11) is 7.37. The molecule has 0 bridgehead atoms. The van der Waals surface area contributed by atoms with Crippen molar-refractivity contribution in [3.05, 3.63) is 53.6 Å². The number of ether oxygens (including phenoxy) is 5. The van der Waals surface area contributed by atoms with Crippen molar-refractivity contribution < 1.29 is 42.6 Å². The van der Waals surface area contributed by atoms with Gasteiger partial charge in [-0.3, -0.25) is 9.59 Å². The Balaban J connectivity index is 2.10. The first-order valence-electron chi connectivity index (χ1n) is 13.6. The molecule has 2 aromatic carbocycles. The molecule has 0 saturated carbocycles. The summed E-state index contributed by atoms with van der Waals surface area (Å²) in [6.45, 7) is 7.34. The number of nitrogens with one attached hydrogen (secondary N) is 1. The lowest BCUT2D eigenvalue weighted by molar-refractivity contribution is -0.888. The highest BCUT2D eigenvalue weighted by Gasteiger charge is 2.28. The number of amides is 1. The van der Waals surface area contributed by atoms with Gasteiger partial charge in [0.25, 0.3) is 0 Å². The third-order valence-corrected chi connectivity index (χ3v) is 7.15. The van der Waals surface area contributed by atoms with Crippen LogP contribution in [-0.2, 0) is 14.3 Å². The first kappa shape index (κ1) is 33.9. The number of quaternary nitrogens is 1. The van der Waals surface area contributed by atoms with Gasteiger partial charge in [0, 0.05) is 42.8 Å². The van der Waals surface area contributed by atoms with Crippen molar-refractivity contribution in [1.82, 2.24) is 5.32 Å². The molecule has 41 heavy (non-hydrogen) atoms. The SMILES string of the molecule is CC[N+](C)(C)CCCOCCOc1cccc(C(=O)C(OC(=O)NCCSC(C)=O)c2cc(OC)cc(OC)c2)c1. The average Bonchev–Trinajstić information content (AvgIpc) is 2.97. The highest BCUT2D eigenvalue weighted by molar-refractivity contribution is 8.13. The number of thioether (sulfide) groups is 1. The number of Topliss-reactive ketones (excluding diaryl/α,β-unsaturated/α-hetero) is 1. The van der Waals surface area contributed by atoms with Gasteiger partial charge in [0.05, 0.1) is 54.6 Å². The van der Waals surface area contributed by atoms with Crippen molar-refractivity contribution in [3.8, 4) is 17.2 Å². The van der Waals surface area contributed by atoms with E-state index in [4.69, 9.17) is 23.7 Å². The van der Waals surface area contributed by atoms with Crippen LogP contribution in [-0.4, -0.2) is 95.0 Å². The minimum absolute atomic E-state index is 0.0549. The van der Waals surface area contributed by atoms with Gasteiger partial charge >= 0.3 is 6.09 Å². The second kappa shape index (κ2) is 17.5. The zero-order valence-electron chi connectivity index (χ0n) is 24.9. The van der Waals surface area contributed by atoms with Gasteiger partial charge in [0.1, 0.15) is 23.9 Å². The van der Waals surface area contributed by atoms with Crippen molar-refractivity contribution in [1.29, 1.82) is 0 Å². The molecule has 1 atom stereocenters. The summed E-state index contributed by atoms with van der Waals surface area (Å²) in [5.74, 6) is 1.30. The lowest BCUT2D eigenvalue weighted by atomic mass is 9.99. The topological polar surface area (TPSA) is 109 Å². The van der Waals surface area contributed by atoms with Gasteiger partial charge in [-0.25, -0.2) is 4.79 Å². The molecule has 2 rings (SSSR count). The van der Waals surface area contributed by atoms with E-state index in [9.17, 15) is 14.4 Å². The Labute approximate surface area is 247 Å². The van der Waals surface area contributed by atoms with Crippen LogP contribution in [0.15, 0.2) is 42.5 Å². The molecule has 0 spiro atoms. The normalized spacial score (nSPS) is 11.9. The lowest BCUT2D eigenvalue weighted by Gasteiger charge is -2.27. The summed E-state index contributed by atoms with van der Waals surface area (Å²) >= 11 is 1.08. The van der Waals surface area contributed by atoms with E-state index in [1.165, 1.54) is 21.1 Å². The Morgan fingerprint density at radius 1 is 0.951 bits per heavy atom. The summed E-state index contributed by atoms with van der Waals surface area (Å²) in [6, 6.07) is 11.6. The molecule has 0 aliphatic carbocycles. The van der Waals surface area contributed by atoms with Crippen LogP contribution in [0.1, 0.15) is 42.3 Å². The van der Waals surface area contributed by atoms with Crippen molar-refractivity contribution in [2.24, 2.45) is 0 Å². The number of methoxy groups -OCH3 is 2. The van der Waals surface area contributed by atoms with Crippen molar-refractivity contribution >= 4 is 28.8 Å². The van der Waals surface area contributed by atoms with E-state index in [-0.39, 0.29) is 11.7 Å². The van der Waals surface area contributed by atoms with Crippen LogP contribution in [0.25, 0.3) is 0 Å². The van der Waals surface area contributed by atoms with Crippen LogP contribution in [0.3, 0.4) is 0 Å². The van der Waals surface area contributed by atoms with Gasteiger partial charge in [-0.05, 0) is 31.2 Å². The Kier molecular flexibility index (Phi) is 14.5. The Bertz CT molecular complexity index is 1120. The predicted molar refractivity (Wildman–Crippen MR) is 159 cm³/mol. The molecule has 0 heterocycles. The van der Waals surface area contributed by atoms with Crippen LogP contribution in [0.2, 0.25) is 0 Å². The number of hydrogen-bond donors (Lipinski definition) is 1. The number of nitrogens with zero attached hydrogens (tertiary/aromatic N) is 1. The van der Waals surface area contributed by atoms with Gasteiger partial charge in [0.2, 0.25) is 5.78 Å². The van der Waals surface area contributed by atoms with Crippen LogP contribution in [0.4, 0.5) is 4.79 Å². The predicted octanol–water partition coefficient (Wildman–Crippen LogP) is 4.52. The molecule has 226 valence electrons. The molecular formula is C30H43N2O8S+. The van der Waals surface area contributed by atoms with E-state index in [1.54, 1.807) is 42.5 Å². The molecule has 0 aromatic heterocycles. The summed E-state index contributed by atoms with van der Waals surface area (Å²) in [4.78, 5) is 37.5. The van der Waals surface area contributed by atoms with Crippen LogP contribution in [0, 0.1) is 0 Å². The number of alkyl carbamates (subject to hydrolysis) is 1. The van der Waals surface area contributed by atoms with Crippen LogP contribution >= 0.6 is 11.8 Å². The number of rotatable bonds is 18. The fraction of sp³-hybridized carbons (Fsp3) is 0.500. The molecule has 1 N–H and O–H groups in total. The van der Waals surface area contributed by atoms with Crippen LogP contribution in [0.5, 0.6) is 17.2 Å². The second-order valence-electron chi connectivity index (χ2n) is 9.88. The summed E-state index contributed by atoms with van der Waals surface area (Å²) in [6.07, 6.45) is -1.12. The van der Waals surface area contributed by atoms with E-state index < -0.39 is 18.0 Å². The van der Waals surface area contributed by atoms with E-state index >= 15 is 0 Å². The van der Waals surface area contributed by atoms with Gasteiger partial charge in [-0.1, -0.05) is 23.9 Å². The fourth-order valence-corrected chi connectivity index (χ4v) is 4.21. The molecule has 10 nitrogen and oxygen atoms in total. The minimum Gasteiger partial charge on any atom is -0.497 e. The maximum absolute atomic E-state index is 13.7. The van der Waals surface area contributed by atoms with Crippen molar-refractivity contribution in [3.63, 3.8) is 0 Å². The van der Waals surface area contributed by atoms with E-state index in [1.807, 2.05) is 0 Å². The number of carbonyl (C=O) groups excluding carboxylic acids is 3. The summed E-state index contributed by atoms with van der Waals surface area (Å²) < 4.78 is 28.8. The smallest absolute Gasteiger partial charge is 0.408 e. The summed E-state index contributed by atoms with van der Waals surface area (Å²) in [5, 5.41) is 2.53. The quantitative estimate of drug-likeness (QED) is 0.152. The number of ketones is 1. The first-order valence-corrected chi connectivity index (χ1v) is 14.5. The number of hydrogen-bond acceptors (Lipinski definition) is 9. The molecular weight excluding hydrogens is 548 g/mol. The fourth-order valence-electron chi connectivity index (χ4n) is 3.71. The van der Waals surface area contributed by atoms with E-state index in [0.29, 0.717) is 53.9 Å². The Morgan fingerprint density at radius 3 is 2.29 bits per heavy atom. The second-order valence-corrected chi connectivity index (χ2v) is 11.2. The highest BCUT2D eigenvalue weighted by Crippen LogP contribution is 2.31. The highest BCUT2D eigenvalue weighted by atomic mass is 32.2. The van der Waals surface area contributed by atoms with E-state index in [0.717, 1.165) is 35.8 Å². The lowest BCUT2D eigenvalue weighted by Crippen LogP contribution is -2.40. The molecule has 11 heteroatoms. The van der Waals surface area contributed by atoms with Crippen molar-refractivity contribution in [2.75, 3.05) is 73.5 Å². The molecule has 2 aromatic rings. The third-order valence-electron chi connectivity index (χ3n) is 6.34. The minimum atomic E-state index is -1.29. The molecule has 0 aliphatic rings. The van der Waals surface area contributed by atoms with Crippen molar-refractivity contribution in [2.45, 2.75) is 26.4 Å². The number of carbonyl (C=O) groups is 3. The Hall–Kier alpha value is -3.28. The molecule has 0 radical (unpaired) electrons. The standard InChI is InChI=1S/C30H42N2O8S/c1-7-32(3,4)13-9-14-38-15-16-39-25-11-8-10-23(18-25)28(34)29(40-30(35)31-12-17-41-22(2)33)24-19-26(36-5)21-27(20-24)37-6/h8,10-11,18-21,29H,7,9,12-17H2,1-6H3/p+1. The maximum atomic E-state index is 13.7. The largest absolute Gasteiger partial charge is 0.497 e. The first-order chi connectivity index (χ1) is 19.6. The third kappa shape index (κ3) is 12.4. The van der Waals surface area contributed by atoms with Gasteiger partial charge in [-0.2, -0.15) is 0 Å². The molecule has 0 fully saturated rings. The molecule has 0 aliphatic heterocycles. The van der Waals surface area contributed by atoms with Gasteiger partial charge < -0.3 is 33.5 Å².